The Labute approximate surface area is 656 Å². The highest BCUT2D eigenvalue weighted by atomic mass is 16.5. The maximum absolute atomic E-state index is 12.2. The Morgan fingerprint density at radius 3 is 1.04 bits per heavy atom. The van der Waals surface area contributed by atoms with Crippen LogP contribution in [0.2, 0.25) is 0 Å². The molecule has 610 valence electrons. The Kier molecular flexibility index (Phi) is 30.0. The van der Waals surface area contributed by atoms with Crippen LogP contribution in [-0.2, 0) is 62.0 Å². The van der Waals surface area contributed by atoms with Crippen LogP contribution >= 0.6 is 0 Å². The smallest absolute Gasteiger partial charge is 0.318 e. The molecule has 8 fully saturated rings. The number of nitrogens with one attached hydrogen (secondary N) is 6. The number of methoxy groups -OCH3 is 1. The quantitative estimate of drug-likeness (QED) is 0.0449. The third-order valence-electron chi connectivity index (χ3n) is 20.0. The first-order chi connectivity index (χ1) is 51.9. The normalized spacial score (nSPS) is 18.4. The van der Waals surface area contributed by atoms with Gasteiger partial charge in [0.1, 0.15) is 34.9 Å². The minimum Gasteiger partial charge on any atom is -0.467 e. The third kappa shape index (κ3) is 25.7. The van der Waals surface area contributed by atoms with Crippen molar-refractivity contribution in [2.75, 3.05) is 199 Å². The monoisotopic (exact) mass is 1530 g/mol. The number of hydrogen-bond acceptors (Lipinski definition) is 27. The Hall–Kier alpha value is -7.70. The van der Waals surface area contributed by atoms with Gasteiger partial charge in [-0.2, -0.15) is 24.9 Å². The van der Waals surface area contributed by atoms with Crippen LogP contribution in [-0.4, -0.2) is 265 Å². The molecule has 8 aliphatic heterocycles. The first kappa shape index (κ1) is 86.3. The number of aromatic nitrogens is 10. The van der Waals surface area contributed by atoms with Gasteiger partial charge in [-0.3, -0.25) is 9.59 Å². The lowest BCUT2D eigenvalue weighted by Gasteiger charge is -2.36. The van der Waals surface area contributed by atoms with Gasteiger partial charge in [0, 0.05) is 168 Å². The van der Waals surface area contributed by atoms with E-state index < -0.39 is 0 Å². The van der Waals surface area contributed by atoms with Gasteiger partial charge < -0.3 is 85.0 Å². The fourth-order valence-corrected chi connectivity index (χ4v) is 12.3. The van der Waals surface area contributed by atoms with Crippen LogP contribution in [0.1, 0.15) is 186 Å². The van der Waals surface area contributed by atoms with Gasteiger partial charge in [-0.1, -0.05) is 145 Å². The Balaban J connectivity index is 0.000000159. The van der Waals surface area contributed by atoms with Crippen molar-refractivity contribution in [2.45, 2.75) is 216 Å². The zero-order valence-corrected chi connectivity index (χ0v) is 70.6. The van der Waals surface area contributed by atoms with E-state index in [4.69, 9.17) is 58.6 Å². The van der Waals surface area contributed by atoms with Crippen molar-refractivity contribution in [1.29, 1.82) is 0 Å². The number of hydrogen-bond donors (Lipinski definition) is 6. The van der Waals surface area contributed by atoms with Gasteiger partial charge >= 0.3 is 6.01 Å². The summed E-state index contributed by atoms with van der Waals surface area (Å²) < 4.78 is 25.9. The molecule has 29 nitrogen and oxygen atoms in total. The van der Waals surface area contributed by atoms with Gasteiger partial charge in [-0.25, -0.2) is 24.9 Å². The van der Waals surface area contributed by atoms with E-state index in [1.807, 2.05) is 48.8 Å². The molecule has 110 heavy (non-hydrogen) atoms. The van der Waals surface area contributed by atoms with Crippen molar-refractivity contribution < 1.29 is 33.3 Å². The summed E-state index contributed by atoms with van der Waals surface area (Å²) in [5.41, 5.74) is 5.15. The number of anilines is 8. The van der Waals surface area contributed by atoms with Crippen LogP contribution < -0.4 is 51.3 Å². The first-order valence-corrected chi connectivity index (χ1v) is 40.3. The Bertz CT molecular complexity index is 3730. The molecule has 0 aliphatic carbocycles. The zero-order valence-electron chi connectivity index (χ0n) is 70.6. The maximum atomic E-state index is 12.2. The van der Waals surface area contributed by atoms with Gasteiger partial charge in [0.25, 0.3) is 0 Å². The van der Waals surface area contributed by atoms with Crippen molar-refractivity contribution >= 4 is 58.7 Å². The number of carbonyl (C=O) groups excluding carboxylic acids is 2. The molecule has 0 bridgehead atoms. The van der Waals surface area contributed by atoms with E-state index in [9.17, 15) is 9.59 Å². The van der Waals surface area contributed by atoms with Crippen molar-refractivity contribution in [3.05, 3.63) is 64.6 Å². The van der Waals surface area contributed by atoms with Gasteiger partial charge in [0.05, 0.1) is 119 Å². The van der Waals surface area contributed by atoms with E-state index in [2.05, 4.69) is 203 Å². The van der Waals surface area contributed by atoms with Gasteiger partial charge in [-0.05, 0) is 12.5 Å². The minimum atomic E-state index is -0.0559. The second-order valence-electron chi connectivity index (χ2n) is 36.0. The number of amides is 2. The molecule has 8 saturated heterocycles. The summed E-state index contributed by atoms with van der Waals surface area (Å²) in [7, 11) is 1.58. The van der Waals surface area contributed by atoms with E-state index in [-0.39, 0.29) is 44.8 Å². The van der Waals surface area contributed by atoms with Crippen LogP contribution in [0.15, 0.2) is 30.3 Å². The van der Waals surface area contributed by atoms with Crippen LogP contribution in [0.3, 0.4) is 0 Å². The fourth-order valence-electron chi connectivity index (χ4n) is 12.3. The summed E-state index contributed by atoms with van der Waals surface area (Å²) in [6.45, 7) is 64.1. The van der Waals surface area contributed by atoms with Crippen LogP contribution in [0, 0.1) is 11.8 Å². The molecule has 0 atom stereocenters. The predicted molar refractivity (Wildman–Crippen MR) is 439 cm³/mol. The lowest BCUT2D eigenvalue weighted by Crippen LogP contribution is -2.51. The number of ether oxygens (including phenoxy) is 5. The maximum Gasteiger partial charge on any atom is 0.318 e. The SMILES string of the molecule is CC(C)C(=O)N1CCN(c2nc(NC3COC3)cc(C(C)(C)C)n2)CC1.CC(C)Cc1nc(NC2COC2)cc(C(C)(C)C)n1.CCC(=O)N1CCN(c2nc(NC3COC3)cc(C(C)(C)C)n2)CC1.CCN1CCN(c2nc(NC3CNC3)cc(C(C)(C)C)n2)CC1.COc1nc(NC2COC2)cc(C(C)(C)C)n1. The molecule has 13 heterocycles. The lowest BCUT2D eigenvalue weighted by molar-refractivity contribution is -0.134. The average molecular weight is 1530 g/mol. The van der Waals surface area contributed by atoms with Gasteiger partial charge in [0.15, 0.2) is 0 Å². The summed E-state index contributed by atoms with van der Waals surface area (Å²) in [6.07, 6.45) is 1.48. The summed E-state index contributed by atoms with van der Waals surface area (Å²) in [6, 6.07) is 12.5. The van der Waals surface area contributed by atoms with E-state index in [1.165, 1.54) is 0 Å². The van der Waals surface area contributed by atoms with E-state index in [0.29, 0.717) is 48.6 Å². The number of carbonyl (C=O) groups is 2. The largest absolute Gasteiger partial charge is 0.467 e. The molecule has 2 amide bonds. The molecule has 0 radical (unpaired) electrons. The first-order valence-electron chi connectivity index (χ1n) is 40.3. The fraction of sp³-hybridized carbons (Fsp3) is 0.728. The Morgan fingerprint density at radius 1 is 0.427 bits per heavy atom. The molecular weight excluding hydrogens is 1390 g/mol. The van der Waals surface area contributed by atoms with Crippen LogP contribution in [0.25, 0.3) is 0 Å². The van der Waals surface area contributed by atoms with Gasteiger partial charge in [0.2, 0.25) is 29.7 Å². The van der Waals surface area contributed by atoms with Crippen LogP contribution in [0.5, 0.6) is 6.01 Å². The van der Waals surface area contributed by atoms with Crippen molar-refractivity contribution in [3.63, 3.8) is 0 Å². The summed E-state index contributed by atoms with van der Waals surface area (Å²) in [5.74, 6) is 8.77. The second kappa shape index (κ2) is 38.2. The minimum absolute atomic E-state index is 0.0250. The molecule has 8 aliphatic rings. The molecule has 29 heteroatoms. The molecule has 5 aromatic rings. The molecule has 5 aromatic heterocycles. The van der Waals surface area contributed by atoms with E-state index in [1.54, 1.807) is 7.11 Å². The Morgan fingerprint density at radius 2 is 0.745 bits per heavy atom. The van der Waals surface area contributed by atoms with Crippen molar-refractivity contribution in [1.82, 2.24) is 69.9 Å². The van der Waals surface area contributed by atoms with Crippen molar-refractivity contribution in [3.8, 4) is 6.01 Å². The third-order valence-corrected chi connectivity index (χ3v) is 20.0. The molecule has 0 aromatic carbocycles. The molecule has 6 N–H and O–H groups in total. The average Bonchev–Trinajstić information content (AvgIpc) is 0.845. The highest BCUT2D eigenvalue weighted by molar-refractivity contribution is 5.78. The highest BCUT2D eigenvalue weighted by Crippen LogP contribution is 2.32. The summed E-state index contributed by atoms with van der Waals surface area (Å²) in [5, 5.41) is 20.5. The second-order valence-corrected chi connectivity index (χ2v) is 36.0. The molecule has 0 saturated carbocycles. The molecular formula is C81H134N22O7. The molecule has 0 spiro atoms. The number of piperazine rings is 3. The highest BCUT2D eigenvalue weighted by Gasteiger charge is 2.32. The van der Waals surface area contributed by atoms with E-state index >= 15 is 0 Å². The standard InChI is InChI=1S/C19H31N5O2.C18H29N5O2.C17H30N6.C15H25N3O.C12H19N3O2/c1-13(2)17(25)23-6-8-24(9-7-23)18-21-15(19(3,4)5)10-16(22-18)20-14-11-26-12-14;1-5-16(24)22-6-8-23(9-7-22)17-20-14(18(2,3)4)10-15(21-17)19-13-11-25-12-13;1-5-22-6-8-23(9-7-22)16-20-14(17(2,3)4)10-15(21-16)19-13-11-18-12-13;1-10(2)6-13-17-12(15(3,4)5)7-14(18-13)16-11-8-19-9-11;1-12(2,3)9-5-10(13-8-6-17-7-8)15-11(14-9)16-4/h10,13-14H,6-9,11-12H2,1-5H3,(H,20,21,22);10,13H,5-9,11-12H2,1-4H3,(H,19,20,21);10,13,18H,5-9,11-12H2,1-4H3,(H,19,20,21);7,10-11H,6,8-9H2,1-5H3,(H,16,17,18);5,8H,6-7H2,1-4H3,(H,13,14,15). The molecule has 0 unspecified atom stereocenters. The van der Waals surface area contributed by atoms with Gasteiger partial charge in [-0.15, -0.1) is 0 Å². The number of likely N-dealkylation sites (N-methyl/N-ethyl adjacent to an activating group) is 1. The topological polar surface area (TPSA) is 301 Å². The van der Waals surface area contributed by atoms with Crippen LogP contribution in [0.4, 0.5) is 46.9 Å². The number of nitrogens with zero attached hydrogens (tertiary/aromatic N) is 16. The predicted octanol–water partition coefficient (Wildman–Crippen LogP) is 9.21. The number of rotatable bonds is 19. The summed E-state index contributed by atoms with van der Waals surface area (Å²) in [4.78, 5) is 83.9. The lowest BCUT2D eigenvalue weighted by atomic mass is 9.91. The summed E-state index contributed by atoms with van der Waals surface area (Å²) >= 11 is 0. The molecule has 13 rings (SSSR count). The van der Waals surface area contributed by atoms with Crippen molar-refractivity contribution in [2.24, 2.45) is 11.8 Å². The zero-order chi connectivity index (χ0) is 79.9. The van der Waals surface area contributed by atoms with E-state index in [0.717, 1.165) is 239 Å².